The fraction of sp³-hybridized carbons (Fsp3) is 0.750. The molecule has 7 heteroatoms. The molecule has 0 aromatic carbocycles. The average Bonchev–Trinajstić information content (AvgIpc) is 3.00. The number of carbonyl (C=O) groups excluding carboxylic acids is 1. The van der Waals surface area contributed by atoms with Crippen molar-refractivity contribution in [2.75, 3.05) is 16.8 Å². The third-order valence-corrected chi connectivity index (χ3v) is 6.12. The largest absolute Gasteiger partial charge is 0.311 e. The third-order valence-electron chi connectivity index (χ3n) is 4.37. The second-order valence-corrected chi connectivity index (χ2v) is 9.69. The van der Waals surface area contributed by atoms with Gasteiger partial charge in [-0.2, -0.15) is 5.10 Å². The van der Waals surface area contributed by atoms with Crippen molar-refractivity contribution in [1.82, 2.24) is 9.78 Å². The SMILES string of the molecule is CC[C@H](C)C(=O)Nc1cc(C(C)(C)C)nn1[C@@H]1CCS(=O)(=O)C1. The summed E-state index contributed by atoms with van der Waals surface area (Å²) in [6, 6.07) is 1.66. The van der Waals surface area contributed by atoms with E-state index >= 15 is 0 Å². The molecule has 1 fully saturated rings. The Kier molecular flexibility index (Phi) is 4.89. The number of nitrogens with zero attached hydrogens (tertiary/aromatic N) is 2. The van der Waals surface area contributed by atoms with Crippen molar-refractivity contribution in [1.29, 1.82) is 0 Å². The van der Waals surface area contributed by atoms with Crippen LogP contribution in [0.3, 0.4) is 0 Å². The first-order chi connectivity index (χ1) is 10.5. The maximum absolute atomic E-state index is 12.2. The van der Waals surface area contributed by atoms with Gasteiger partial charge in [0.1, 0.15) is 5.82 Å². The van der Waals surface area contributed by atoms with Crippen LogP contribution in [0.25, 0.3) is 0 Å². The van der Waals surface area contributed by atoms with E-state index in [4.69, 9.17) is 0 Å². The van der Waals surface area contributed by atoms with E-state index in [1.807, 2.05) is 40.7 Å². The molecule has 0 radical (unpaired) electrons. The molecule has 23 heavy (non-hydrogen) atoms. The second-order valence-electron chi connectivity index (χ2n) is 7.46. The zero-order valence-electron chi connectivity index (χ0n) is 14.6. The lowest BCUT2D eigenvalue weighted by Gasteiger charge is -2.16. The number of aromatic nitrogens is 2. The molecule has 1 aliphatic rings. The van der Waals surface area contributed by atoms with Crippen LogP contribution < -0.4 is 5.32 Å². The third kappa shape index (κ3) is 4.13. The Morgan fingerprint density at radius 1 is 1.48 bits per heavy atom. The van der Waals surface area contributed by atoms with Crippen LogP contribution in [0.5, 0.6) is 0 Å². The van der Waals surface area contributed by atoms with Crippen molar-refractivity contribution in [3.05, 3.63) is 11.8 Å². The summed E-state index contributed by atoms with van der Waals surface area (Å²) in [5.74, 6) is 0.715. The van der Waals surface area contributed by atoms with Crippen LogP contribution >= 0.6 is 0 Å². The molecule has 2 rings (SSSR count). The van der Waals surface area contributed by atoms with Gasteiger partial charge in [0.25, 0.3) is 0 Å². The highest BCUT2D eigenvalue weighted by molar-refractivity contribution is 7.91. The maximum Gasteiger partial charge on any atom is 0.228 e. The van der Waals surface area contributed by atoms with Gasteiger partial charge in [0, 0.05) is 17.4 Å². The minimum absolute atomic E-state index is 0.0602. The van der Waals surface area contributed by atoms with E-state index in [0.717, 1.165) is 12.1 Å². The average molecular weight is 341 g/mol. The van der Waals surface area contributed by atoms with Gasteiger partial charge < -0.3 is 5.32 Å². The predicted octanol–water partition coefficient (Wildman–Crippen LogP) is 2.52. The van der Waals surface area contributed by atoms with Crippen LogP contribution in [0.1, 0.15) is 59.2 Å². The van der Waals surface area contributed by atoms with E-state index in [1.165, 1.54) is 0 Å². The molecule has 2 heterocycles. The lowest BCUT2D eigenvalue weighted by atomic mass is 9.92. The molecule has 1 aromatic rings. The molecule has 1 aliphatic heterocycles. The van der Waals surface area contributed by atoms with E-state index in [0.29, 0.717) is 12.2 Å². The molecule has 2 atom stereocenters. The number of hydrogen-bond acceptors (Lipinski definition) is 4. The van der Waals surface area contributed by atoms with Crippen molar-refractivity contribution >= 4 is 21.6 Å². The minimum atomic E-state index is -3.01. The van der Waals surface area contributed by atoms with Crippen LogP contribution in [0, 0.1) is 5.92 Å². The van der Waals surface area contributed by atoms with Gasteiger partial charge in [0.15, 0.2) is 9.84 Å². The molecular weight excluding hydrogens is 314 g/mol. The number of hydrogen-bond donors (Lipinski definition) is 1. The number of carbonyl (C=O) groups is 1. The van der Waals surface area contributed by atoms with Crippen molar-refractivity contribution in [3.8, 4) is 0 Å². The highest BCUT2D eigenvalue weighted by Crippen LogP contribution is 2.31. The summed E-state index contributed by atoms with van der Waals surface area (Å²) in [4.78, 5) is 12.2. The Balaban J connectivity index is 2.35. The van der Waals surface area contributed by atoms with E-state index in [-0.39, 0.29) is 34.8 Å². The van der Waals surface area contributed by atoms with Gasteiger partial charge in [-0.1, -0.05) is 34.6 Å². The molecule has 1 saturated heterocycles. The molecule has 1 N–H and O–H groups in total. The van der Waals surface area contributed by atoms with Crippen LogP contribution in [-0.2, 0) is 20.0 Å². The summed E-state index contributed by atoms with van der Waals surface area (Å²) >= 11 is 0. The summed E-state index contributed by atoms with van der Waals surface area (Å²) < 4.78 is 25.3. The summed E-state index contributed by atoms with van der Waals surface area (Å²) in [5, 5.41) is 7.53. The first kappa shape index (κ1) is 18.0. The molecule has 0 aliphatic carbocycles. The second kappa shape index (κ2) is 6.26. The summed E-state index contributed by atoms with van der Waals surface area (Å²) in [6.45, 7) is 9.98. The topological polar surface area (TPSA) is 81.1 Å². The highest BCUT2D eigenvalue weighted by Gasteiger charge is 2.33. The van der Waals surface area contributed by atoms with Crippen LogP contribution in [-0.4, -0.2) is 35.6 Å². The number of nitrogens with one attached hydrogen (secondary N) is 1. The predicted molar refractivity (Wildman–Crippen MR) is 91.3 cm³/mol. The number of sulfone groups is 1. The lowest BCUT2D eigenvalue weighted by molar-refractivity contribution is -0.119. The van der Waals surface area contributed by atoms with Gasteiger partial charge in [0.2, 0.25) is 5.91 Å². The van der Waals surface area contributed by atoms with Gasteiger partial charge in [-0.25, -0.2) is 13.1 Å². The fourth-order valence-electron chi connectivity index (χ4n) is 2.54. The summed E-state index contributed by atoms with van der Waals surface area (Å²) in [7, 11) is -3.01. The minimum Gasteiger partial charge on any atom is -0.311 e. The van der Waals surface area contributed by atoms with Crippen molar-refractivity contribution in [2.45, 2.75) is 58.9 Å². The van der Waals surface area contributed by atoms with E-state index in [2.05, 4.69) is 10.4 Å². The van der Waals surface area contributed by atoms with Gasteiger partial charge in [-0.3, -0.25) is 4.79 Å². The molecule has 6 nitrogen and oxygen atoms in total. The number of rotatable bonds is 4. The molecular formula is C16H27N3O3S. The van der Waals surface area contributed by atoms with Gasteiger partial charge in [-0.15, -0.1) is 0 Å². The standard InChI is InChI=1S/C16H27N3O3S/c1-6-11(2)15(20)17-14-9-13(16(3,4)5)18-19(14)12-7-8-23(21,22)10-12/h9,11-12H,6-8,10H2,1-5H3,(H,17,20)/t11-,12+/m0/s1. The molecule has 130 valence electrons. The molecule has 1 amide bonds. The first-order valence-corrected chi connectivity index (χ1v) is 9.97. The summed E-state index contributed by atoms with van der Waals surface area (Å²) in [6.07, 6.45) is 1.30. The van der Waals surface area contributed by atoms with E-state index in [1.54, 1.807) is 4.68 Å². The number of amides is 1. The Bertz CT molecular complexity index is 686. The van der Waals surface area contributed by atoms with Crippen LogP contribution in [0.15, 0.2) is 6.07 Å². The maximum atomic E-state index is 12.2. The Hall–Kier alpha value is -1.37. The van der Waals surface area contributed by atoms with Crippen LogP contribution in [0.4, 0.5) is 5.82 Å². The smallest absolute Gasteiger partial charge is 0.228 e. The highest BCUT2D eigenvalue weighted by atomic mass is 32.2. The van der Waals surface area contributed by atoms with E-state index < -0.39 is 9.84 Å². The summed E-state index contributed by atoms with van der Waals surface area (Å²) in [5.41, 5.74) is 0.680. The van der Waals surface area contributed by atoms with Crippen molar-refractivity contribution in [3.63, 3.8) is 0 Å². The molecule has 0 saturated carbocycles. The van der Waals surface area contributed by atoms with Gasteiger partial charge in [0.05, 0.1) is 23.2 Å². The molecule has 0 bridgehead atoms. The quantitative estimate of drug-likeness (QED) is 0.912. The first-order valence-electron chi connectivity index (χ1n) is 8.15. The Morgan fingerprint density at radius 3 is 2.61 bits per heavy atom. The zero-order valence-corrected chi connectivity index (χ0v) is 15.4. The molecule has 0 unspecified atom stereocenters. The van der Waals surface area contributed by atoms with Crippen molar-refractivity contribution in [2.24, 2.45) is 5.92 Å². The number of anilines is 1. The normalized spacial score (nSPS) is 22.0. The lowest BCUT2D eigenvalue weighted by Crippen LogP contribution is -2.23. The Morgan fingerprint density at radius 2 is 2.13 bits per heavy atom. The van der Waals surface area contributed by atoms with Gasteiger partial charge in [-0.05, 0) is 12.8 Å². The fourth-order valence-corrected chi connectivity index (χ4v) is 4.23. The monoisotopic (exact) mass is 341 g/mol. The molecule has 1 aromatic heterocycles. The molecule has 0 spiro atoms. The van der Waals surface area contributed by atoms with Crippen LogP contribution in [0.2, 0.25) is 0 Å². The Labute approximate surface area is 138 Å². The van der Waals surface area contributed by atoms with Crippen molar-refractivity contribution < 1.29 is 13.2 Å². The van der Waals surface area contributed by atoms with E-state index in [9.17, 15) is 13.2 Å². The van der Waals surface area contributed by atoms with Gasteiger partial charge >= 0.3 is 0 Å². The zero-order chi connectivity index (χ0) is 17.4.